The molecule has 1 N–H and O–H groups in total. The highest BCUT2D eigenvalue weighted by atomic mass is 79.9. The van der Waals surface area contributed by atoms with Crippen LogP contribution in [0.3, 0.4) is 0 Å². The van der Waals surface area contributed by atoms with E-state index in [0.717, 1.165) is 24.1 Å². The lowest BCUT2D eigenvalue weighted by molar-refractivity contribution is -0.137. The molecular formula is C14H19BrF3N. The van der Waals surface area contributed by atoms with Crippen molar-refractivity contribution in [2.45, 2.75) is 38.9 Å². The van der Waals surface area contributed by atoms with Gasteiger partial charge in [-0.15, -0.1) is 0 Å². The molecule has 0 spiro atoms. The first kappa shape index (κ1) is 16.5. The lowest BCUT2D eigenvalue weighted by Crippen LogP contribution is -2.29. The second-order valence-electron chi connectivity index (χ2n) is 5.12. The molecular weight excluding hydrogens is 319 g/mol. The van der Waals surface area contributed by atoms with Gasteiger partial charge < -0.3 is 5.32 Å². The molecule has 108 valence electrons. The van der Waals surface area contributed by atoms with Crippen molar-refractivity contribution in [1.29, 1.82) is 0 Å². The summed E-state index contributed by atoms with van der Waals surface area (Å²) in [7, 11) is 1.88. The summed E-state index contributed by atoms with van der Waals surface area (Å²) in [4.78, 5) is 0. The first-order valence-corrected chi connectivity index (χ1v) is 7.06. The van der Waals surface area contributed by atoms with Crippen LogP contribution in [0.15, 0.2) is 22.7 Å². The standard InChI is InChI=1S/C14H19BrF3N/c1-9(2)6-12(19-3)7-10-4-5-11(8-13(10)15)14(16,17)18/h4-5,8-9,12,19H,6-7H2,1-3H3. The van der Waals surface area contributed by atoms with Crippen molar-refractivity contribution in [3.63, 3.8) is 0 Å². The molecule has 0 aliphatic heterocycles. The van der Waals surface area contributed by atoms with Crippen LogP contribution in [0.5, 0.6) is 0 Å². The highest BCUT2D eigenvalue weighted by Gasteiger charge is 2.30. The van der Waals surface area contributed by atoms with Crippen LogP contribution >= 0.6 is 15.9 Å². The molecule has 0 saturated heterocycles. The van der Waals surface area contributed by atoms with Crippen LogP contribution in [0.1, 0.15) is 31.4 Å². The summed E-state index contributed by atoms with van der Waals surface area (Å²) in [5.74, 6) is 0.547. The van der Waals surface area contributed by atoms with Gasteiger partial charge >= 0.3 is 6.18 Å². The van der Waals surface area contributed by atoms with E-state index in [2.05, 4.69) is 35.1 Å². The minimum atomic E-state index is -4.29. The Bertz CT molecular complexity index is 416. The van der Waals surface area contributed by atoms with Crippen molar-refractivity contribution in [3.8, 4) is 0 Å². The Morgan fingerprint density at radius 2 is 1.89 bits per heavy atom. The van der Waals surface area contributed by atoms with Crippen molar-refractivity contribution < 1.29 is 13.2 Å². The van der Waals surface area contributed by atoms with Gasteiger partial charge in [-0.1, -0.05) is 35.8 Å². The lowest BCUT2D eigenvalue weighted by atomic mass is 9.97. The summed E-state index contributed by atoms with van der Waals surface area (Å²) < 4.78 is 38.2. The smallest absolute Gasteiger partial charge is 0.317 e. The van der Waals surface area contributed by atoms with Crippen LogP contribution < -0.4 is 5.32 Å². The summed E-state index contributed by atoms with van der Waals surface area (Å²) in [5.41, 5.74) is 0.279. The Morgan fingerprint density at radius 3 is 2.32 bits per heavy atom. The van der Waals surface area contributed by atoms with E-state index in [1.165, 1.54) is 0 Å². The molecule has 19 heavy (non-hydrogen) atoms. The third-order valence-corrected chi connectivity index (χ3v) is 3.75. The molecule has 5 heteroatoms. The van der Waals surface area contributed by atoms with E-state index >= 15 is 0 Å². The molecule has 0 aromatic heterocycles. The highest BCUT2D eigenvalue weighted by Crippen LogP contribution is 2.32. The maximum absolute atomic E-state index is 12.6. The first-order chi connectivity index (χ1) is 8.74. The summed E-state index contributed by atoms with van der Waals surface area (Å²) >= 11 is 3.24. The zero-order chi connectivity index (χ0) is 14.6. The Balaban J connectivity index is 2.85. The molecule has 0 aliphatic rings. The topological polar surface area (TPSA) is 12.0 Å². The molecule has 0 amide bonds. The number of likely N-dealkylation sites (N-methyl/N-ethyl adjacent to an activating group) is 1. The van der Waals surface area contributed by atoms with Gasteiger partial charge in [0.2, 0.25) is 0 Å². The van der Waals surface area contributed by atoms with E-state index in [0.29, 0.717) is 16.8 Å². The van der Waals surface area contributed by atoms with Gasteiger partial charge in [0.15, 0.2) is 0 Å². The molecule has 1 aromatic rings. The number of halogens is 4. The molecule has 1 unspecified atom stereocenters. The van der Waals surface area contributed by atoms with E-state index in [9.17, 15) is 13.2 Å². The molecule has 0 radical (unpaired) electrons. The quantitative estimate of drug-likeness (QED) is 0.824. The third-order valence-electron chi connectivity index (χ3n) is 3.01. The Morgan fingerprint density at radius 1 is 1.26 bits per heavy atom. The monoisotopic (exact) mass is 337 g/mol. The number of benzene rings is 1. The Hall–Kier alpha value is -0.550. The van der Waals surface area contributed by atoms with Gasteiger partial charge in [0.25, 0.3) is 0 Å². The van der Waals surface area contributed by atoms with E-state index in [-0.39, 0.29) is 6.04 Å². The number of nitrogens with one attached hydrogen (secondary N) is 1. The third kappa shape index (κ3) is 5.15. The molecule has 1 aromatic carbocycles. The van der Waals surface area contributed by atoms with Gasteiger partial charge in [0.05, 0.1) is 5.56 Å². The minimum absolute atomic E-state index is 0.271. The van der Waals surface area contributed by atoms with Crippen LogP contribution in [0.2, 0.25) is 0 Å². The fourth-order valence-electron chi connectivity index (χ4n) is 2.03. The number of hydrogen-bond acceptors (Lipinski definition) is 1. The van der Waals surface area contributed by atoms with E-state index in [4.69, 9.17) is 0 Å². The van der Waals surface area contributed by atoms with Crippen LogP contribution in [0, 0.1) is 5.92 Å². The second-order valence-corrected chi connectivity index (χ2v) is 5.98. The Labute approximate surface area is 120 Å². The molecule has 0 bridgehead atoms. The molecule has 1 rings (SSSR count). The average molecular weight is 338 g/mol. The van der Waals surface area contributed by atoms with Crippen molar-refractivity contribution >= 4 is 15.9 Å². The van der Waals surface area contributed by atoms with Crippen molar-refractivity contribution in [2.24, 2.45) is 5.92 Å². The van der Waals surface area contributed by atoms with E-state index < -0.39 is 11.7 Å². The van der Waals surface area contributed by atoms with Gasteiger partial charge in [0.1, 0.15) is 0 Å². The van der Waals surface area contributed by atoms with Gasteiger partial charge in [0, 0.05) is 10.5 Å². The fourth-order valence-corrected chi connectivity index (χ4v) is 2.57. The predicted octanol–water partition coefficient (Wildman–Crippen LogP) is 4.64. The SMILES string of the molecule is CNC(Cc1ccc(C(F)(F)F)cc1Br)CC(C)C. The Kier molecular flexibility index (Phi) is 5.86. The molecule has 1 nitrogen and oxygen atoms in total. The second kappa shape index (κ2) is 6.75. The van der Waals surface area contributed by atoms with Gasteiger partial charge in [-0.05, 0) is 43.5 Å². The summed E-state index contributed by atoms with van der Waals surface area (Å²) in [5, 5.41) is 3.21. The van der Waals surface area contributed by atoms with Crippen LogP contribution in [0.4, 0.5) is 13.2 Å². The molecule has 0 heterocycles. The number of rotatable bonds is 5. The normalized spacial score (nSPS) is 13.9. The molecule has 0 aliphatic carbocycles. The predicted molar refractivity (Wildman–Crippen MR) is 75.2 cm³/mol. The van der Waals surface area contributed by atoms with Gasteiger partial charge in [-0.2, -0.15) is 13.2 Å². The molecule has 0 saturated carbocycles. The summed E-state index contributed by atoms with van der Waals surface area (Å²) in [6.07, 6.45) is -2.58. The lowest BCUT2D eigenvalue weighted by Gasteiger charge is -2.19. The largest absolute Gasteiger partial charge is 0.416 e. The zero-order valence-corrected chi connectivity index (χ0v) is 12.9. The van der Waals surface area contributed by atoms with Gasteiger partial charge in [-0.25, -0.2) is 0 Å². The van der Waals surface area contributed by atoms with Crippen LogP contribution in [-0.4, -0.2) is 13.1 Å². The fraction of sp³-hybridized carbons (Fsp3) is 0.571. The van der Waals surface area contributed by atoms with Crippen molar-refractivity contribution in [1.82, 2.24) is 5.32 Å². The van der Waals surface area contributed by atoms with Crippen molar-refractivity contribution in [3.05, 3.63) is 33.8 Å². The van der Waals surface area contributed by atoms with E-state index in [1.54, 1.807) is 6.07 Å². The molecule has 0 fully saturated rings. The number of alkyl halides is 3. The van der Waals surface area contributed by atoms with Crippen LogP contribution in [-0.2, 0) is 12.6 Å². The zero-order valence-electron chi connectivity index (χ0n) is 11.3. The van der Waals surface area contributed by atoms with E-state index in [1.807, 2.05) is 7.05 Å². The summed E-state index contributed by atoms with van der Waals surface area (Å²) in [6, 6.07) is 4.12. The molecule has 1 atom stereocenters. The number of hydrogen-bond donors (Lipinski definition) is 1. The summed E-state index contributed by atoms with van der Waals surface area (Å²) in [6.45, 7) is 4.26. The minimum Gasteiger partial charge on any atom is -0.317 e. The maximum atomic E-state index is 12.6. The average Bonchev–Trinajstić information content (AvgIpc) is 2.28. The first-order valence-electron chi connectivity index (χ1n) is 6.27. The van der Waals surface area contributed by atoms with Crippen LogP contribution in [0.25, 0.3) is 0 Å². The van der Waals surface area contributed by atoms with Crippen molar-refractivity contribution in [2.75, 3.05) is 7.05 Å². The highest BCUT2D eigenvalue weighted by molar-refractivity contribution is 9.10. The maximum Gasteiger partial charge on any atom is 0.416 e. The van der Waals surface area contributed by atoms with Gasteiger partial charge in [-0.3, -0.25) is 0 Å².